The van der Waals surface area contributed by atoms with Crippen molar-refractivity contribution in [2.24, 2.45) is 0 Å². The van der Waals surface area contributed by atoms with Crippen LogP contribution < -0.4 is 9.50 Å². The normalized spacial score (nSPS) is 17.6. The molecule has 1 unspecified atom stereocenters. The molecule has 132 valence electrons. The minimum atomic E-state index is -3.77. The van der Waals surface area contributed by atoms with Crippen LogP contribution in [0.2, 0.25) is 0 Å². The SMILES string of the molecule is CN(C)S(=O)(=O)Oc1ccc(-c2ccccc2C2CCC(=O)N2)cc1. The number of rotatable bonds is 5. The van der Waals surface area contributed by atoms with Crippen LogP contribution in [0.15, 0.2) is 48.5 Å². The fourth-order valence-corrected chi connectivity index (χ4v) is 3.30. The van der Waals surface area contributed by atoms with Gasteiger partial charge in [0.05, 0.1) is 6.04 Å². The van der Waals surface area contributed by atoms with Crippen LogP contribution in [0, 0.1) is 0 Å². The first-order chi connectivity index (χ1) is 11.9. The zero-order valence-corrected chi connectivity index (χ0v) is 14.9. The Hall–Kier alpha value is -2.38. The lowest BCUT2D eigenvalue weighted by molar-refractivity contribution is -0.119. The lowest BCUT2D eigenvalue weighted by Gasteiger charge is -2.16. The predicted octanol–water partition coefficient (Wildman–Crippen LogP) is 2.49. The molecule has 6 nitrogen and oxygen atoms in total. The summed E-state index contributed by atoms with van der Waals surface area (Å²) in [5.74, 6) is 0.321. The van der Waals surface area contributed by atoms with E-state index in [1.165, 1.54) is 14.1 Å². The number of hydrogen-bond acceptors (Lipinski definition) is 4. The molecule has 1 atom stereocenters. The maximum absolute atomic E-state index is 11.8. The highest BCUT2D eigenvalue weighted by Crippen LogP contribution is 2.33. The molecule has 1 N–H and O–H groups in total. The molecule has 0 aliphatic carbocycles. The first-order valence-corrected chi connectivity index (χ1v) is 9.34. The van der Waals surface area contributed by atoms with Crippen molar-refractivity contribution in [3.8, 4) is 16.9 Å². The minimum absolute atomic E-state index is 0.00810. The fourth-order valence-electron chi connectivity index (χ4n) is 2.80. The third-order valence-corrected chi connectivity index (χ3v) is 5.44. The quantitative estimate of drug-likeness (QED) is 0.889. The van der Waals surface area contributed by atoms with Crippen LogP contribution >= 0.6 is 0 Å². The number of benzene rings is 2. The summed E-state index contributed by atoms with van der Waals surface area (Å²) >= 11 is 0. The molecule has 2 aromatic rings. The van der Waals surface area contributed by atoms with Crippen LogP contribution in [-0.4, -0.2) is 32.7 Å². The Morgan fingerprint density at radius 2 is 1.76 bits per heavy atom. The molecule has 0 aromatic heterocycles. The molecule has 1 fully saturated rings. The van der Waals surface area contributed by atoms with Gasteiger partial charge in [0, 0.05) is 20.5 Å². The average Bonchev–Trinajstić information content (AvgIpc) is 3.01. The molecule has 2 aromatic carbocycles. The second-order valence-corrected chi connectivity index (χ2v) is 7.85. The number of amides is 1. The number of nitrogens with zero attached hydrogens (tertiary/aromatic N) is 1. The van der Waals surface area contributed by atoms with E-state index in [4.69, 9.17) is 4.18 Å². The van der Waals surface area contributed by atoms with E-state index in [-0.39, 0.29) is 17.7 Å². The van der Waals surface area contributed by atoms with E-state index in [0.717, 1.165) is 27.4 Å². The van der Waals surface area contributed by atoms with Crippen molar-refractivity contribution in [1.29, 1.82) is 0 Å². The summed E-state index contributed by atoms with van der Waals surface area (Å²) in [6.07, 6.45) is 1.31. The number of carbonyl (C=O) groups excluding carboxylic acids is 1. The summed E-state index contributed by atoms with van der Waals surface area (Å²) < 4.78 is 29.6. The Kier molecular flexibility index (Phi) is 4.78. The molecule has 3 rings (SSSR count). The van der Waals surface area contributed by atoms with Crippen LogP contribution in [-0.2, 0) is 15.1 Å². The summed E-state index contributed by atoms with van der Waals surface area (Å²) in [6, 6.07) is 14.8. The molecule has 1 amide bonds. The van der Waals surface area contributed by atoms with E-state index in [1.807, 2.05) is 36.4 Å². The van der Waals surface area contributed by atoms with Gasteiger partial charge in [-0.05, 0) is 35.2 Å². The Morgan fingerprint density at radius 3 is 2.36 bits per heavy atom. The molecule has 0 radical (unpaired) electrons. The van der Waals surface area contributed by atoms with E-state index in [2.05, 4.69) is 5.32 Å². The second kappa shape index (κ2) is 6.85. The molecule has 1 saturated heterocycles. The Balaban J connectivity index is 1.87. The summed E-state index contributed by atoms with van der Waals surface area (Å²) in [5, 5.41) is 2.99. The zero-order valence-electron chi connectivity index (χ0n) is 14.1. The van der Waals surface area contributed by atoms with Gasteiger partial charge in [0.1, 0.15) is 5.75 Å². The number of hydrogen-bond donors (Lipinski definition) is 1. The van der Waals surface area contributed by atoms with Gasteiger partial charge >= 0.3 is 10.3 Å². The molecule has 0 spiro atoms. The summed E-state index contributed by atoms with van der Waals surface area (Å²) in [6.45, 7) is 0. The van der Waals surface area contributed by atoms with Gasteiger partial charge in [-0.25, -0.2) is 0 Å². The van der Waals surface area contributed by atoms with Crippen molar-refractivity contribution >= 4 is 16.2 Å². The van der Waals surface area contributed by atoms with E-state index < -0.39 is 10.3 Å². The maximum atomic E-state index is 11.8. The highest BCUT2D eigenvalue weighted by molar-refractivity contribution is 7.84. The maximum Gasteiger partial charge on any atom is 0.384 e. The minimum Gasteiger partial charge on any atom is -0.371 e. The molecule has 1 heterocycles. The molecule has 1 aliphatic rings. The summed E-state index contributed by atoms with van der Waals surface area (Å²) in [5.41, 5.74) is 3.01. The number of carbonyl (C=O) groups is 1. The smallest absolute Gasteiger partial charge is 0.371 e. The van der Waals surface area contributed by atoms with Crippen LogP contribution in [0.5, 0.6) is 5.75 Å². The fraction of sp³-hybridized carbons (Fsp3) is 0.278. The van der Waals surface area contributed by atoms with Crippen LogP contribution in [0.1, 0.15) is 24.4 Å². The van der Waals surface area contributed by atoms with Gasteiger partial charge in [-0.3, -0.25) is 4.79 Å². The zero-order chi connectivity index (χ0) is 18.0. The first-order valence-electron chi connectivity index (χ1n) is 7.97. The molecular formula is C18H20N2O4S. The van der Waals surface area contributed by atoms with Gasteiger partial charge < -0.3 is 9.50 Å². The van der Waals surface area contributed by atoms with E-state index in [9.17, 15) is 13.2 Å². The van der Waals surface area contributed by atoms with Crippen LogP contribution in [0.25, 0.3) is 11.1 Å². The Labute approximate surface area is 147 Å². The summed E-state index contributed by atoms with van der Waals surface area (Å²) in [7, 11) is -0.945. The lowest BCUT2D eigenvalue weighted by atomic mass is 9.94. The topological polar surface area (TPSA) is 75.7 Å². The predicted molar refractivity (Wildman–Crippen MR) is 95.2 cm³/mol. The molecular weight excluding hydrogens is 340 g/mol. The third kappa shape index (κ3) is 3.83. The van der Waals surface area contributed by atoms with E-state index >= 15 is 0 Å². The van der Waals surface area contributed by atoms with Gasteiger partial charge in [-0.15, -0.1) is 0 Å². The molecule has 0 saturated carbocycles. The number of nitrogens with one attached hydrogen (secondary N) is 1. The van der Waals surface area contributed by atoms with Crippen molar-refractivity contribution in [1.82, 2.24) is 9.62 Å². The Bertz CT molecular complexity index is 876. The van der Waals surface area contributed by atoms with Gasteiger partial charge in [0.25, 0.3) is 0 Å². The Morgan fingerprint density at radius 1 is 1.08 bits per heavy atom. The highest BCUT2D eigenvalue weighted by atomic mass is 32.2. The van der Waals surface area contributed by atoms with Crippen molar-refractivity contribution in [2.45, 2.75) is 18.9 Å². The molecule has 7 heteroatoms. The summed E-state index contributed by atoms with van der Waals surface area (Å²) in [4.78, 5) is 11.5. The molecule has 25 heavy (non-hydrogen) atoms. The van der Waals surface area contributed by atoms with Crippen molar-refractivity contribution in [2.75, 3.05) is 14.1 Å². The first kappa shape index (κ1) is 17.4. The van der Waals surface area contributed by atoms with E-state index in [1.54, 1.807) is 12.1 Å². The molecule has 1 aliphatic heterocycles. The largest absolute Gasteiger partial charge is 0.384 e. The lowest BCUT2D eigenvalue weighted by Crippen LogP contribution is -2.26. The molecule has 0 bridgehead atoms. The monoisotopic (exact) mass is 360 g/mol. The van der Waals surface area contributed by atoms with Crippen molar-refractivity contribution < 1.29 is 17.4 Å². The highest BCUT2D eigenvalue weighted by Gasteiger charge is 2.24. The van der Waals surface area contributed by atoms with Crippen molar-refractivity contribution in [3.05, 3.63) is 54.1 Å². The van der Waals surface area contributed by atoms with Crippen LogP contribution in [0.3, 0.4) is 0 Å². The standard InChI is InChI=1S/C18H20N2O4S/c1-20(2)25(22,23)24-14-9-7-13(8-10-14)15-5-3-4-6-16(15)17-11-12-18(21)19-17/h3-10,17H,11-12H2,1-2H3,(H,19,21). The van der Waals surface area contributed by atoms with Gasteiger partial charge in [-0.2, -0.15) is 12.7 Å². The second-order valence-electron chi connectivity index (χ2n) is 6.09. The van der Waals surface area contributed by atoms with Crippen LogP contribution in [0.4, 0.5) is 0 Å². The van der Waals surface area contributed by atoms with E-state index in [0.29, 0.717) is 6.42 Å². The van der Waals surface area contributed by atoms with Gasteiger partial charge in [0.2, 0.25) is 5.91 Å². The van der Waals surface area contributed by atoms with Gasteiger partial charge in [-0.1, -0.05) is 36.4 Å². The third-order valence-electron chi connectivity index (χ3n) is 4.15. The van der Waals surface area contributed by atoms with Gasteiger partial charge in [0.15, 0.2) is 0 Å². The van der Waals surface area contributed by atoms with Crippen molar-refractivity contribution in [3.63, 3.8) is 0 Å². The average molecular weight is 360 g/mol.